The topological polar surface area (TPSA) is 177 Å². The summed E-state index contributed by atoms with van der Waals surface area (Å²) in [4.78, 5) is 56.7. The number of amides is 2. The van der Waals surface area contributed by atoms with Crippen LogP contribution in [-0.4, -0.2) is 62.1 Å². The van der Waals surface area contributed by atoms with Crippen LogP contribution in [0.4, 0.5) is 27.2 Å². The molecular weight excluding hydrogens is 1120 g/mol. The Morgan fingerprint density at radius 2 is 1.01 bits per heavy atom. The maximum Gasteiger partial charge on any atom is 0.488 e. The van der Waals surface area contributed by atoms with Crippen molar-refractivity contribution < 1.29 is 56.3 Å². The molecule has 0 atom stereocenters. The number of nitrogens with one attached hydrogen (secondary N) is 2. The number of nitrogens with zero attached hydrogens (tertiary/aromatic N) is 2. The molecule has 0 unspecified atom stereocenters. The molecule has 4 N–H and O–H groups in total. The fourth-order valence-corrected chi connectivity index (χ4v) is 7.23. The van der Waals surface area contributed by atoms with E-state index in [1.54, 1.807) is 53.7 Å². The molecule has 0 spiro atoms. The summed E-state index contributed by atoms with van der Waals surface area (Å²) >= 11 is 25.6. The van der Waals surface area contributed by atoms with Crippen molar-refractivity contribution in [1.82, 2.24) is 20.6 Å². The monoisotopic (exact) mass is 1160 g/mol. The van der Waals surface area contributed by atoms with Crippen LogP contribution in [-0.2, 0) is 22.6 Å². The first kappa shape index (κ1) is 57.2. The van der Waals surface area contributed by atoms with E-state index in [9.17, 15) is 46.8 Å². The lowest BCUT2D eigenvalue weighted by Crippen LogP contribution is -2.37. The van der Waals surface area contributed by atoms with E-state index >= 15 is 0 Å². The molecule has 6 rings (SSSR count). The Labute approximate surface area is 434 Å². The van der Waals surface area contributed by atoms with Gasteiger partial charge in [0.05, 0.1) is 11.1 Å². The van der Waals surface area contributed by atoms with Crippen LogP contribution in [0.15, 0.2) is 97.3 Å². The minimum absolute atomic E-state index is 0.00126. The third kappa shape index (κ3) is 16.9. The van der Waals surface area contributed by atoms with Crippen molar-refractivity contribution in [3.8, 4) is 11.1 Å². The van der Waals surface area contributed by atoms with E-state index in [2.05, 4.69) is 20.6 Å². The third-order valence-corrected chi connectivity index (χ3v) is 10.8. The smallest absolute Gasteiger partial charge is 0.444 e. The summed E-state index contributed by atoms with van der Waals surface area (Å²) in [6, 6.07) is 18.3. The van der Waals surface area contributed by atoms with Crippen LogP contribution in [0, 0.1) is 26.8 Å². The quantitative estimate of drug-likeness (QED) is 0.0339. The summed E-state index contributed by atoms with van der Waals surface area (Å²) in [6.45, 7) is 10.5. The van der Waals surface area contributed by atoms with Crippen molar-refractivity contribution in [2.75, 3.05) is 0 Å². The summed E-state index contributed by atoms with van der Waals surface area (Å²) in [5, 5.41) is 24.3. The molecule has 6 aromatic rings. The highest BCUT2D eigenvalue weighted by Gasteiger charge is 2.25. The molecule has 2 amide bonds. The summed E-state index contributed by atoms with van der Waals surface area (Å²) in [7, 11) is -1.68. The van der Waals surface area contributed by atoms with E-state index in [-0.39, 0.29) is 45.0 Å². The molecule has 368 valence electrons. The molecule has 4 aromatic carbocycles. The number of halogens is 9. The molecular formula is C48H42BCl4F4IN4O8. The molecule has 0 radical (unpaired) electrons. The van der Waals surface area contributed by atoms with Crippen molar-refractivity contribution >= 4 is 105 Å². The van der Waals surface area contributed by atoms with Crippen molar-refractivity contribution in [2.24, 2.45) is 0 Å². The number of rotatable bonds is 10. The van der Waals surface area contributed by atoms with Gasteiger partial charge in [0.25, 0.3) is 0 Å². The first-order valence-corrected chi connectivity index (χ1v) is 23.1. The van der Waals surface area contributed by atoms with Crippen LogP contribution in [0.5, 0.6) is 0 Å². The Hall–Kier alpha value is -5.35. The molecule has 0 bridgehead atoms. The molecule has 0 saturated carbocycles. The molecule has 0 aliphatic heterocycles. The number of pyridine rings is 2. The van der Waals surface area contributed by atoms with Crippen molar-refractivity contribution in [3.63, 3.8) is 0 Å². The van der Waals surface area contributed by atoms with Crippen LogP contribution in [0.25, 0.3) is 11.1 Å². The van der Waals surface area contributed by atoms with E-state index < -0.39 is 76.5 Å². The van der Waals surface area contributed by atoms with Gasteiger partial charge in [-0.15, -0.1) is 0 Å². The number of carbonyl (C=O) groups is 4. The van der Waals surface area contributed by atoms with Gasteiger partial charge >= 0.3 is 19.3 Å². The van der Waals surface area contributed by atoms with Crippen LogP contribution in [0.3, 0.4) is 0 Å². The Morgan fingerprint density at radius 3 is 1.49 bits per heavy atom. The van der Waals surface area contributed by atoms with Crippen LogP contribution >= 0.6 is 69.0 Å². The second kappa shape index (κ2) is 25.2. The Bertz CT molecular complexity index is 2870. The maximum absolute atomic E-state index is 14.3. The van der Waals surface area contributed by atoms with Gasteiger partial charge in [0.1, 0.15) is 44.8 Å². The third-order valence-electron chi connectivity index (χ3n) is 8.93. The summed E-state index contributed by atoms with van der Waals surface area (Å²) in [6.07, 6.45) is 1.56. The van der Waals surface area contributed by atoms with Gasteiger partial charge in [-0.25, -0.2) is 37.1 Å². The molecule has 0 aliphatic carbocycles. The Kier molecular flexibility index (Phi) is 20.6. The minimum Gasteiger partial charge on any atom is -0.444 e. The summed E-state index contributed by atoms with van der Waals surface area (Å²) in [5.41, 5.74) is -0.504. The lowest BCUT2D eigenvalue weighted by atomic mass is 9.78. The maximum atomic E-state index is 14.3. The van der Waals surface area contributed by atoms with Gasteiger partial charge in [0, 0.05) is 50.2 Å². The van der Waals surface area contributed by atoms with Gasteiger partial charge in [-0.2, -0.15) is 0 Å². The average molecular weight is 1160 g/mol. The number of benzene rings is 4. The molecule has 0 saturated heterocycles. The van der Waals surface area contributed by atoms with Crippen molar-refractivity contribution in [3.05, 3.63) is 178 Å². The first-order chi connectivity index (χ1) is 32.6. The average Bonchev–Trinajstić information content (AvgIpc) is 3.25. The minimum atomic E-state index is -1.68. The summed E-state index contributed by atoms with van der Waals surface area (Å²) < 4.78 is 66.6. The predicted molar refractivity (Wildman–Crippen MR) is 269 cm³/mol. The van der Waals surface area contributed by atoms with Crippen LogP contribution in [0.2, 0.25) is 20.4 Å². The van der Waals surface area contributed by atoms with E-state index in [0.29, 0.717) is 30.8 Å². The van der Waals surface area contributed by atoms with E-state index in [0.717, 1.165) is 24.3 Å². The zero-order valence-electron chi connectivity index (χ0n) is 37.9. The zero-order chi connectivity index (χ0) is 52.2. The van der Waals surface area contributed by atoms with Gasteiger partial charge in [0.15, 0.2) is 11.6 Å². The van der Waals surface area contributed by atoms with Gasteiger partial charge < -0.3 is 30.2 Å². The number of ketones is 2. The van der Waals surface area contributed by atoms with E-state index in [1.807, 2.05) is 22.6 Å². The van der Waals surface area contributed by atoms with Crippen LogP contribution < -0.4 is 16.1 Å². The number of ether oxygens (including phenoxy) is 2. The number of aromatic nitrogens is 2. The zero-order valence-corrected chi connectivity index (χ0v) is 43.1. The molecule has 0 fully saturated rings. The number of alkyl carbamates (subject to hydrolysis) is 2. The Balaban J connectivity index is 0.000000246. The van der Waals surface area contributed by atoms with Crippen molar-refractivity contribution in [1.29, 1.82) is 0 Å². The second-order valence-electron chi connectivity index (χ2n) is 16.6. The number of hydrogen-bond acceptors (Lipinski definition) is 10. The van der Waals surface area contributed by atoms with Gasteiger partial charge in [0.2, 0.25) is 0 Å². The SMILES string of the molecule is CC(C)(C)OC(=O)NCc1cnc(Cl)cc1-c1ccc(Cl)cc1C(=O)c1c(F)cccc1F.CC(C)(C)OC(=O)NCc1cnc(Cl)cc1B(O)O.O=C(c1cc(Cl)ccc1I)c1c(F)cccc1F. The van der Waals surface area contributed by atoms with Crippen LogP contribution in [0.1, 0.15) is 84.5 Å². The number of hydrogen-bond donors (Lipinski definition) is 4. The Morgan fingerprint density at radius 1 is 0.600 bits per heavy atom. The largest absolute Gasteiger partial charge is 0.488 e. The van der Waals surface area contributed by atoms with Gasteiger partial charge in [-0.05, 0) is 159 Å². The predicted octanol–water partition coefficient (Wildman–Crippen LogP) is 11.5. The fourth-order valence-electron chi connectivity index (χ4n) is 5.98. The molecule has 12 nitrogen and oxygen atoms in total. The van der Waals surface area contributed by atoms with Gasteiger partial charge in [-0.1, -0.05) is 64.6 Å². The molecule has 22 heteroatoms. The molecule has 2 aromatic heterocycles. The molecule has 0 aliphatic rings. The van der Waals surface area contributed by atoms with E-state index in [1.165, 1.54) is 60.9 Å². The lowest BCUT2D eigenvalue weighted by Gasteiger charge is -2.20. The summed E-state index contributed by atoms with van der Waals surface area (Å²) in [5.74, 6) is -5.35. The first-order valence-electron chi connectivity index (χ1n) is 20.5. The fraction of sp³-hybridized carbons (Fsp3) is 0.208. The second-order valence-corrected chi connectivity index (χ2v) is 19.4. The molecule has 2 heterocycles. The van der Waals surface area contributed by atoms with Gasteiger partial charge in [-0.3, -0.25) is 9.59 Å². The van der Waals surface area contributed by atoms with E-state index in [4.69, 9.17) is 55.9 Å². The standard InChI is InChI=1S/C24H20Cl2F2N2O3.C13H6ClF2IO.C11H16BClN2O4/c1-24(2,3)33-23(32)30-12-13-11-29-20(26)10-16(13)15-8-7-14(25)9-17(15)22(31)21-18(27)5-4-6-19(21)28;14-7-4-5-11(17)8(6-7)13(18)12-9(15)2-1-3-10(12)16;1-11(2,3)19-10(16)15-6-7-5-14-9(13)4-8(7)12(17)18/h4-11H,12H2,1-3H3,(H,30,32);1-6H;4-5,17-18H,6H2,1-3H3,(H,15,16). The van der Waals surface area contributed by atoms with Crippen molar-refractivity contribution in [2.45, 2.75) is 65.8 Å². The molecule has 70 heavy (non-hydrogen) atoms. The number of carbonyl (C=O) groups excluding carboxylic acids is 4. The lowest BCUT2D eigenvalue weighted by molar-refractivity contribution is 0.0512. The highest BCUT2D eigenvalue weighted by Crippen LogP contribution is 2.33. The highest BCUT2D eigenvalue weighted by atomic mass is 127. The normalized spacial score (nSPS) is 11.0. The highest BCUT2D eigenvalue weighted by molar-refractivity contribution is 14.1.